The summed E-state index contributed by atoms with van der Waals surface area (Å²) in [5, 5.41) is 14.9. The van der Waals surface area contributed by atoms with E-state index in [1.807, 2.05) is 18.2 Å². The van der Waals surface area contributed by atoms with Crippen LogP contribution in [0.25, 0.3) is 0 Å². The summed E-state index contributed by atoms with van der Waals surface area (Å²) in [7, 11) is 4.95. The molecule has 3 rings (SSSR count). The lowest BCUT2D eigenvalue weighted by molar-refractivity contribution is 0.355. The highest BCUT2D eigenvalue weighted by molar-refractivity contribution is 5.93. The fourth-order valence-corrected chi connectivity index (χ4v) is 2.73. The number of aliphatic imine (C=N–C) groups is 1. The molecule has 0 amide bonds. The van der Waals surface area contributed by atoms with E-state index in [0.717, 1.165) is 36.7 Å². The van der Waals surface area contributed by atoms with Gasteiger partial charge in [0, 0.05) is 31.8 Å². The SMILES string of the molecule is CN=C(NCc1nnc2n1CCC2)Nc1ccc(OC)c(OC)c1. The Labute approximate surface area is 140 Å². The highest BCUT2D eigenvalue weighted by atomic mass is 16.5. The molecule has 0 fully saturated rings. The Bertz CT molecular complexity index is 740. The lowest BCUT2D eigenvalue weighted by Gasteiger charge is -2.14. The van der Waals surface area contributed by atoms with Crippen LogP contribution in [0.3, 0.4) is 0 Å². The van der Waals surface area contributed by atoms with Crippen LogP contribution in [0.4, 0.5) is 5.69 Å². The Morgan fingerprint density at radius 3 is 2.83 bits per heavy atom. The van der Waals surface area contributed by atoms with E-state index in [-0.39, 0.29) is 0 Å². The van der Waals surface area contributed by atoms with Crippen molar-refractivity contribution in [2.75, 3.05) is 26.6 Å². The summed E-state index contributed by atoms with van der Waals surface area (Å²) in [6.45, 7) is 1.56. The molecule has 0 aliphatic carbocycles. The number of benzene rings is 1. The minimum Gasteiger partial charge on any atom is -0.493 e. The first kappa shape index (κ1) is 16.1. The van der Waals surface area contributed by atoms with Gasteiger partial charge in [-0.3, -0.25) is 4.99 Å². The number of guanidine groups is 1. The van der Waals surface area contributed by atoms with Crippen molar-refractivity contribution in [1.29, 1.82) is 0 Å². The van der Waals surface area contributed by atoms with E-state index in [9.17, 15) is 0 Å². The molecule has 1 aliphatic rings. The van der Waals surface area contributed by atoms with Gasteiger partial charge in [0.1, 0.15) is 5.82 Å². The summed E-state index contributed by atoms with van der Waals surface area (Å²) in [5.41, 5.74) is 0.854. The monoisotopic (exact) mass is 330 g/mol. The van der Waals surface area contributed by atoms with Gasteiger partial charge in [-0.15, -0.1) is 10.2 Å². The van der Waals surface area contributed by atoms with Gasteiger partial charge in [-0.05, 0) is 18.6 Å². The number of aryl methyl sites for hydroxylation is 1. The lowest BCUT2D eigenvalue weighted by atomic mass is 10.3. The van der Waals surface area contributed by atoms with Gasteiger partial charge in [0.2, 0.25) is 0 Å². The smallest absolute Gasteiger partial charge is 0.195 e. The molecule has 0 unspecified atom stereocenters. The number of rotatable bonds is 5. The van der Waals surface area contributed by atoms with Gasteiger partial charge in [0.05, 0.1) is 20.8 Å². The van der Waals surface area contributed by atoms with Crippen LogP contribution in [-0.4, -0.2) is 42.0 Å². The van der Waals surface area contributed by atoms with E-state index in [2.05, 4.69) is 30.4 Å². The second kappa shape index (κ2) is 7.20. The van der Waals surface area contributed by atoms with Gasteiger partial charge in [0.15, 0.2) is 23.3 Å². The molecule has 8 nitrogen and oxygen atoms in total. The van der Waals surface area contributed by atoms with Gasteiger partial charge < -0.3 is 24.7 Å². The molecular weight excluding hydrogens is 308 g/mol. The molecule has 128 valence electrons. The molecule has 0 saturated carbocycles. The van der Waals surface area contributed by atoms with Crippen LogP contribution in [0.1, 0.15) is 18.1 Å². The normalized spacial score (nSPS) is 13.5. The molecule has 0 bridgehead atoms. The summed E-state index contributed by atoms with van der Waals surface area (Å²) in [4.78, 5) is 4.24. The Balaban J connectivity index is 1.64. The number of ether oxygens (including phenoxy) is 2. The van der Waals surface area contributed by atoms with Crippen molar-refractivity contribution in [3.8, 4) is 11.5 Å². The zero-order chi connectivity index (χ0) is 16.9. The van der Waals surface area contributed by atoms with Crippen molar-refractivity contribution in [3.63, 3.8) is 0 Å². The van der Waals surface area contributed by atoms with Crippen molar-refractivity contribution >= 4 is 11.6 Å². The molecular formula is C16H22N6O2. The van der Waals surface area contributed by atoms with Crippen molar-refractivity contribution in [2.45, 2.75) is 25.9 Å². The summed E-state index contributed by atoms with van der Waals surface area (Å²) < 4.78 is 12.7. The first-order valence-electron chi connectivity index (χ1n) is 7.85. The molecule has 1 aliphatic heterocycles. The third kappa shape index (κ3) is 3.27. The molecule has 8 heteroatoms. The van der Waals surface area contributed by atoms with E-state index >= 15 is 0 Å². The van der Waals surface area contributed by atoms with Crippen molar-refractivity contribution in [2.24, 2.45) is 4.99 Å². The van der Waals surface area contributed by atoms with E-state index < -0.39 is 0 Å². The first-order chi connectivity index (χ1) is 11.7. The fourth-order valence-electron chi connectivity index (χ4n) is 2.73. The number of nitrogens with one attached hydrogen (secondary N) is 2. The van der Waals surface area contributed by atoms with Crippen molar-refractivity contribution < 1.29 is 9.47 Å². The van der Waals surface area contributed by atoms with Gasteiger partial charge in [-0.2, -0.15) is 0 Å². The number of nitrogens with zero attached hydrogens (tertiary/aromatic N) is 4. The zero-order valence-electron chi connectivity index (χ0n) is 14.2. The number of anilines is 1. The van der Waals surface area contributed by atoms with E-state index in [1.165, 1.54) is 0 Å². The molecule has 0 spiro atoms. The Hall–Kier alpha value is -2.77. The summed E-state index contributed by atoms with van der Waals surface area (Å²) in [6.07, 6.45) is 2.14. The summed E-state index contributed by atoms with van der Waals surface area (Å²) >= 11 is 0. The van der Waals surface area contributed by atoms with Crippen LogP contribution in [0.15, 0.2) is 23.2 Å². The fraction of sp³-hybridized carbons (Fsp3) is 0.438. The number of fused-ring (bicyclic) bond motifs is 1. The highest BCUT2D eigenvalue weighted by Crippen LogP contribution is 2.29. The molecule has 2 N–H and O–H groups in total. The van der Waals surface area contributed by atoms with Crippen LogP contribution in [-0.2, 0) is 19.5 Å². The maximum absolute atomic E-state index is 5.31. The quantitative estimate of drug-likeness (QED) is 0.637. The standard InChI is InChI=1S/C16H22N6O2/c1-17-16(18-10-15-21-20-14-5-4-8-22(14)15)19-11-6-7-12(23-2)13(9-11)24-3/h6-7,9H,4-5,8,10H2,1-3H3,(H2,17,18,19). The molecule has 2 heterocycles. The van der Waals surface area contributed by atoms with Gasteiger partial charge >= 0.3 is 0 Å². The summed E-state index contributed by atoms with van der Waals surface area (Å²) in [6, 6.07) is 5.61. The summed E-state index contributed by atoms with van der Waals surface area (Å²) in [5.74, 6) is 3.99. The molecule has 24 heavy (non-hydrogen) atoms. The van der Waals surface area contributed by atoms with Crippen LogP contribution in [0, 0.1) is 0 Å². The number of hydrogen-bond acceptors (Lipinski definition) is 5. The van der Waals surface area contributed by atoms with Crippen molar-refractivity contribution in [3.05, 3.63) is 29.8 Å². The molecule has 0 radical (unpaired) electrons. The molecule has 0 saturated heterocycles. The van der Waals surface area contributed by atoms with E-state index in [4.69, 9.17) is 9.47 Å². The molecule has 1 aromatic heterocycles. The van der Waals surface area contributed by atoms with Crippen molar-refractivity contribution in [1.82, 2.24) is 20.1 Å². The predicted molar refractivity (Wildman–Crippen MR) is 91.7 cm³/mol. The largest absolute Gasteiger partial charge is 0.493 e. The first-order valence-corrected chi connectivity index (χ1v) is 7.85. The van der Waals surface area contributed by atoms with Crippen LogP contribution >= 0.6 is 0 Å². The lowest BCUT2D eigenvalue weighted by Crippen LogP contribution is -2.31. The van der Waals surface area contributed by atoms with Crippen LogP contribution in [0.2, 0.25) is 0 Å². The molecule has 2 aromatic rings. The van der Waals surface area contributed by atoms with Crippen LogP contribution < -0.4 is 20.1 Å². The molecule has 1 aromatic carbocycles. The number of methoxy groups -OCH3 is 2. The van der Waals surface area contributed by atoms with Crippen LogP contribution in [0.5, 0.6) is 11.5 Å². The minimum atomic E-state index is 0.569. The predicted octanol–water partition coefficient (Wildman–Crippen LogP) is 1.43. The highest BCUT2D eigenvalue weighted by Gasteiger charge is 2.17. The van der Waals surface area contributed by atoms with Gasteiger partial charge in [-0.1, -0.05) is 0 Å². The third-order valence-corrected chi connectivity index (χ3v) is 3.97. The minimum absolute atomic E-state index is 0.569. The number of hydrogen-bond donors (Lipinski definition) is 2. The average molecular weight is 330 g/mol. The third-order valence-electron chi connectivity index (χ3n) is 3.97. The van der Waals surface area contributed by atoms with E-state index in [0.29, 0.717) is 24.0 Å². The second-order valence-corrected chi connectivity index (χ2v) is 5.41. The zero-order valence-corrected chi connectivity index (χ0v) is 14.2. The Morgan fingerprint density at radius 2 is 2.08 bits per heavy atom. The number of aromatic nitrogens is 3. The molecule has 0 atom stereocenters. The Morgan fingerprint density at radius 1 is 1.25 bits per heavy atom. The second-order valence-electron chi connectivity index (χ2n) is 5.41. The van der Waals surface area contributed by atoms with Gasteiger partial charge in [0.25, 0.3) is 0 Å². The van der Waals surface area contributed by atoms with E-state index in [1.54, 1.807) is 21.3 Å². The Kier molecular flexibility index (Phi) is 4.83. The topological polar surface area (TPSA) is 85.6 Å². The average Bonchev–Trinajstić information content (AvgIpc) is 3.22. The maximum Gasteiger partial charge on any atom is 0.195 e. The maximum atomic E-state index is 5.31. The van der Waals surface area contributed by atoms with Gasteiger partial charge in [-0.25, -0.2) is 0 Å².